The monoisotopic (exact) mass is 666 g/mol. The van der Waals surface area contributed by atoms with Crippen molar-refractivity contribution in [3.63, 3.8) is 0 Å². The molecule has 0 atom stereocenters. The highest BCUT2D eigenvalue weighted by atomic mass is 15.0. The summed E-state index contributed by atoms with van der Waals surface area (Å²) in [6.45, 7) is 0. The molecule has 8 heteroatoms. The number of hydrogen-bond donors (Lipinski definition) is 0. The molecule has 10 aromatic rings. The second-order valence-electron chi connectivity index (χ2n) is 12.5. The van der Waals surface area contributed by atoms with Crippen LogP contribution in [0.1, 0.15) is 0 Å². The maximum Gasteiger partial charge on any atom is 0.165 e. The summed E-state index contributed by atoms with van der Waals surface area (Å²) in [7, 11) is 0. The van der Waals surface area contributed by atoms with Gasteiger partial charge in [0.2, 0.25) is 0 Å². The summed E-state index contributed by atoms with van der Waals surface area (Å²) >= 11 is 0. The molecular weight excluding hydrogens is 641 g/mol. The van der Waals surface area contributed by atoms with E-state index in [1.54, 1.807) is 12.4 Å². The van der Waals surface area contributed by atoms with Gasteiger partial charge in [0, 0.05) is 75.4 Å². The zero-order valence-corrected chi connectivity index (χ0v) is 27.6. The molecule has 0 fully saturated rings. The van der Waals surface area contributed by atoms with E-state index >= 15 is 0 Å². The Kier molecular flexibility index (Phi) is 6.95. The molecule has 0 spiro atoms. The van der Waals surface area contributed by atoms with Gasteiger partial charge in [0.1, 0.15) is 0 Å². The fourth-order valence-corrected chi connectivity index (χ4v) is 6.94. The first kappa shape index (κ1) is 29.6. The van der Waals surface area contributed by atoms with Gasteiger partial charge >= 0.3 is 0 Å². The summed E-state index contributed by atoms with van der Waals surface area (Å²) in [4.78, 5) is 38.5. The maximum absolute atomic E-state index is 5.11. The number of rotatable bonds is 5. The van der Waals surface area contributed by atoms with Gasteiger partial charge in [-0.05, 0) is 89.0 Å². The normalized spacial score (nSPS) is 11.5. The van der Waals surface area contributed by atoms with Crippen LogP contribution in [0.15, 0.2) is 159 Å². The zero-order chi connectivity index (χ0) is 34.4. The van der Waals surface area contributed by atoms with Crippen LogP contribution in [0.25, 0.3) is 100 Å². The van der Waals surface area contributed by atoms with Crippen molar-refractivity contribution >= 4 is 43.6 Å². The molecule has 0 aliphatic carbocycles. The lowest BCUT2D eigenvalue weighted by molar-refractivity contribution is 1.07. The second kappa shape index (κ2) is 12.2. The number of hydrogen-bond acceptors (Lipinski definition) is 8. The summed E-state index contributed by atoms with van der Waals surface area (Å²) in [5.41, 5.74) is 9.99. The van der Waals surface area contributed by atoms with Crippen LogP contribution in [-0.2, 0) is 0 Å². The number of nitrogens with zero attached hydrogens (tertiary/aromatic N) is 8. The Bertz CT molecular complexity index is 2770. The first-order chi connectivity index (χ1) is 25.8. The smallest absolute Gasteiger partial charge is 0.165 e. The van der Waals surface area contributed by atoms with E-state index in [0.29, 0.717) is 17.5 Å². The second-order valence-corrected chi connectivity index (χ2v) is 12.5. The summed E-state index contributed by atoms with van der Waals surface area (Å²) < 4.78 is 0. The Morgan fingerprint density at radius 1 is 0.327 bits per heavy atom. The lowest BCUT2D eigenvalue weighted by Gasteiger charge is -2.16. The molecule has 0 saturated carbocycles. The van der Waals surface area contributed by atoms with Gasteiger partial charge in [0.05, 0.1) is 22.1 Å². The van der Waals surface area contributed by atoms with E-state index in [9.17, 15) is 0 Å². The van der Waals surface area contributed by atoms with Crippen molar-refractivity contribution in [3.8, 4) is 56.4 Å². The minimum Gasteiger partial charge on any atom is -0.264 e. The largest absolute Gasteiger partial charge is 0.264 e. The van der Waals surface area contributed by atoms with Crippen molar-refractivity contribution in [1.82, 2.24) is 39.9 Å². The quantitative estimate of drug-likeness (QED) is 0.167. The Labute approximate surface area is 297 Å². The molecule has 0 radical (unpaired) electrons. The molecule has 0 unspecified atom stereocenters. The first-order valence-electron chi connectivity index (χ1n) is 16.9. The van der Waals surface area contributed by atoms with E-state index < -0.39 is 0 Å². The van der Waals surface area contributed by atoms with E-state index in [1.165, 1.54) is 0 Å². The van der Waals surface area contributed by atoms with Crippen molar-refractivity contribution in [2.24, 2.45) is 0 Å². The summed E-state index contributed by atoms with van der Waals surface area (Å²) in [5, 5.41) is 4.02. The van der Waals surface area contributed by atoms with Crippen molar-refractivity contribution in [2.75, 3.05) is 0 Å². The Balaban J connectivity index is 1.30. The lowest BCUT2D eigenvalue weighted by Crippen LogP contribution is -2.01. The van der Waals surface area contributed by atoms with Crippen LogP contribution in [0.3, 0.4) is 0 Å². The fourth-order valence-electron chi connectivity index (χ4n) is 6.94. The number of fused-ring (bicyclic) bond motifs is 6. The van der Waals surface area contributed by atoms with Gasteiger partial charge in [-0.25, -0.2) is 15.0 Å². The highest BCUT2D eigenvalue weighted by molar-refractivity contribution is 6.12. The van der Waals surface area contributed by atoms with E-state index in [0.717, 1.165) is 82.6 Å². The number of pyridine rings is 5. The molecule has 0 N–H and O–H groups in total. The molecule has 6 heterocycles. The van der Waals surface area contributed by atoms with Crippen LogP contribution >= 0.6 is 0 Å². The molecule has 0 bridgehead atoms. The molecular formula is C44H26N8. The molecule has 8 nitrogen and oxygen atoms in total. The highest BCUT2D eigenvalue weighted by Crippen LogP contribution is 2.40. The standard InChI is InChI=1S/C44H26N8/c1-2-9-27(10-3-1)42-50-43(30-13-4-16-45-26-30)52-44(51-42)33-22-31(36-24-28-11-5-17-46-38(28)40-34(36)14-7-19-48-40)21-32(23-33)37-25-29-12-6-18-47-39(29)41-35(37)15-8-20-49-41/h1-26H. The Morgan fingerprint density at radius 2 is 0.788 bits per heavy atom. The van der Waals surface area contributed by atoms with Gasteiger partial charge in [-0.1, -0.05) is 54.6 Å². The van der Waals surface area contributed by atoms with Gasteiger partial charge in [-0.2, -0.15) is 0 Å². The van der Waals surface area contributed by atoms with Gasteiger partial charge in [0.25, 0.3) is 0 Å². The van der Waals surface area contributed by atoms with Crippen molar-refractivity contribution in [2.45, 2.75) is 0 Å². The molecule has 242 valence electrons. The fraction of sp³-hybridized carbons (Fsp3) is 0. The molecule has 4 aromatic carbocycles. The molecule has 6 aromatic heterocycles. The van der Waals surface area contributed by atoms with Crippen molar-refractivity contribution in [1.29, 1.82) is 0 Å². The topological polar surface area (TPSA) is 103 Å². The van der Waals surface area contributed by atoms with Crippen LogP contribution < -0.4 is 0 Å². The average molecular weight is 667 g/mol. The highest BCUT2D eigenvalue weighted by Gasteiger charge is 2.19. The summed E-state index contributed by atoms with van der Waals surface area (Å²) in [6, 6.07) is 41.0. The SMILES string of the molecule is c1ccc(-c2nc(-c3cccnc3)nc(-c3cc(-c4cc5cccnc5c5ncccc45)cc(-c4cc5cccnc5c5ncccc45)c3)n2)cc1. The Morgan fingerprint density at radius 3 is 1.35 bits per heavy atom. The number of benzene rings is 4. The lowest BCUT2D eigenvalue weighted by atomic mass is 9.91. The molecule has 0 saturated heterocycles. The first-order valence-corrected chi connectivity index (χ1v) is 16.9. The van der Waals surface area contributed by atoms with Gasteiger partial charge in [-0.3, -0.25) is 24.9 Å². The third kappa shape index (κ3) is 5.09. The predicted octanol–water partition coefficient (Wildman–Crippen LogP) is 9.79. The van der Waals surface area contributed by atoms with Gasteiger partial charge in [-0.15, -0.1) is 0 Å². The van der Waals surface area contributed by atoms with Gasteiger partial charge in [0.15, 0.2) is 17.5 Å². The van der Waals surface area contributed by atoms with Crippen LogP contribution in [0, 0.1) is 0 Å². The van der Waals surface area contributed by atoms with E-state index in [4.69, 9.17) is 34.9 Å². The zero-order valence-electron chi connectivity index (χ0n) is 27.6. The van der Waals surface area contributed by atoms with Crippen molar-refractivity contribution in [3.05, 3.63) is 159 Å². The van der Waals surface area contributed by atoms with Gasteiger partial charge < -0.3 is 0 Å². The maximum atomic E-state index is 5.11. The minimum absolute atomic E-state index is 0.543. The third-order valence-electron chi connectivity index (χ3n) is 9.32. The predicted molar refractivity (Wildman–Crippen MR) is 206 cm³/mol. The third-order valence-corrected chi connectivity index (χ3v) is 9.32. The summed E-state index contributed by atoms with van der Waals surface area (Å²) in [5.74, 6) is 1.67. The number of aromatic nitrogens is 8. The van der Waals surface area contributed by atoms with Crippen LogP contribution in [0.2, 0.25) is 0 Å². The Hall–Kier alpha value is -7.32. The van der Waals surface area contributed by atoms with Crippen LogP contribution in [-0.4, -0.2) is 39.9 Å². The molecule has 10 rings (SSSR count). The molecule has 0 aliphatic heterocycles. The molecule has 0 amide bonds. The molecule has 52 heavy (non-hydrogen) atoms. The molecule has 0 aliphatic rings. The minimum atomic E-state index is 0.543. The average Bonchev–Trinajstić information content (AvgIpc) is 3.23. The van der Waals surface area contributed by atoms with E-state index in [2.05, 4.69) is 59.6 Å². The van der Waals surface area contributed by atoms with Crippen LogP contribution in [0.5, 0.6) is 0 Å². The van der Waals surface area contributed by atoms with E-state index in [-0.39, 0.29) is 0 Å². The van der Waals surface area contributed by atoms with Crippen LogP contribution in [0.4, 0.5) is 0 Å². The summed E-state index contributed by atoms with van der Waals surface area (Å²) in [6.07, 6.45) is 10.8. The van der Waals surface area contributed by atoms with E-state index in [1.807, 2.05) is 91.5 Å². The van der Waals surface area contributed by atoms with Crippen molar-refractivity contribution < 1.29 is 0 Å².